The van der Waals surface area contributed by atoms with Gasteiger partial charge in [0.15, 0.2) is 5.13 Å². The summed E-state index contributed by atoms with van der Waals surface area (Å²) in [5.41, 5.74) is 5.70. The number of halogens is 1. The van der Waals surface area contributed by atoms with Crippen molar-refractivity contribution in [2.24, 2.45) is 11.8 Å². The first kappa shape index (κ1) is 28.0. The molecule has 1 aromatic carbocycles. The number of pyridine rings is 1. The van der Waals surface area contributed by atoms with Gasteiger partial charge in [-0.15, -0.1) is 0 Å². The fourth-order valence-corrected chi connectivity index (χ4v) is 6.79. The van der Waals surface area contributed by atoms with Crippen molar-refractivity contribution in [3.05, 3.63) is 58.5 Å². The summed E-state index contributed by atoms with van der Waals surface area (Å²) in [6.45, 7) is 11.5. The van der Waals surface area contributed by atoms with Gasteiger partial charge < -0.3 is 19.9 Å². The summed E-state index contributed by atoms with van der Waals surface area (Å²) < 4.78 is 20.9. The number of hydrogen-bond donors (Lipinski definition) is 1. The molecule has 1 amide bonds. The first-order valence-electron chi connectivity index (χ1n) is 14.1. The number of nitrogens with zero attached hydrogens (tertiary/aromatic N) is 6. The molecule has 2 atom stereocenters. The maximum absolute atomic E-state index is 13.5. The molecular weight excluding hydrogens is 553 g/mol. The molecule has 11 heteroatoms. The Kier molecular flexibility index (Phi) is 6.84. The number of thiazole rings is 1. The Morgan fingerprint density at radius 1 is 1.24 bits per heavy atom. The van der Waals surface area contributed by atoms with E-state index < -0.39 is 5.60 Å². The molecule has 42 heavy (non-hydrogen) atoms. The fraction of sp³-hybridized carbons (Fsp3) is 0.419. The topological polar surface area (TPSA) is 98.8 Å². The Hall–Kier alpha value is -4.17. The molecule has 0 spiro atoms. The van der Waals surface area contributed by atoms with Crippen molar-refractivity contribution >= 4 is 39.5 Å². The van der Waals surface area contributed by atoms with Crippen molar-refractivity contribution in [3.8, 4) is 17.3 Å². The van der Waals surface area contributed by atoms with Gasteiger partial charge in [-0.25, -0.2) is 18.7 Å². The highest BCUT2D eigenvalue weighted by atomic mass is 32.1. The third kappa shape index (κ3) is 5.04. The van der Waals surface area contributed by atoms with Crippen LogP contribution in [0.5, 0.6) is 0 Å². The number of aryl methyl sites for hydroxylation is 2. The third-order valence-corrected chi connectivity index (χ3v) is 9.01. The lowest BCUT2D eigenvalue weighted by Crippen LogP contribution is -2.38. The van der Waals surface area contributed by atoms with Gasteiger partial charge in [-0.2, -0.15) is 10.4 Å². The Balaban J connectivity index is 1.28. The maximum atomic E-state index is 13.5. The van der Waals surface area contributed by atoms with Crippen LogP contribution in [0, 0.1) is 35.9 Å². The minimum atomic E-state index is -0.516. The van der Waals surface area contributed by atoms with Gasteiger partial charge >= 0.3 is 6.09 Å². The number of ether oxygens (including phenoxy) is 1. The van der Waals surface area contributed by atoms with Crippen LogP contribution in [0.3, 0.4) is 0 Å². The summed E-state index contributed by atoms with van der Waals surface area (Å²) >= 11 is 1.31. The molecule has 218 valence electrons. The van der Waals surface area contributed by atoms with Crippen LogP contribution in [-0.2, 0) is 11.2 Å². The smallest absolute Gasteiger partial charge is 0.407 e. The molecule has 4 aromatic rings. The van der Waals surface area contributed by atoms with E-state index in [1.807, 2.05) is 37.2 Å². The van der Waals surface area contributed by atoms with Gasteiger partial charge in [0.25, 0.3) is 0 Å². The number of piperidine rings is 1. The SMILES string of the molecule is CCc1nn2c(C)cc(N3CC4C(C3)C4NC(=O)OC(C)(C)C)cc2c1N(C)c1nc(-c2ccc(F)cc2)c(C#N)s1. The Labute approximate surface area is 248 Å². The summed E-state index contributed by atoms with van der Waals surface area (Å²) in [4.78, 5) is 21.9. The normalized spacial score (nSPS) is 19.5. The quantitative estimate of drug-likeness (QED) is 0.293. The Bertz CT molecular complexity index is 1700. The second kappa shape index (κ2) is 10.3. The predicted molar refractivity (Wildman–Crippen MR) is 162 cm³/mol. The van der Waals surface area contributed by atoms with E-state index in [0.29, 0.717) is 33.1 Å². The lowest BCUT2D eigenvalue weighted by molar-refractivity contribution is 0.0518. The molecule has 1 aliphatic carbocycles. The molecule has 4 heterocycles. The van der Waals surface area contributed by atoms with E-state index in [9.17, 15) is 14.4 Å². The van der Waals surface area contributed by atoms with Crippen LogP contribution in [-0.4, -0.2) is 52.5 Å². The molecule has 1 saturated carbocycles. The maximum Gasteiger partial charge on any atom is 0.407 e. The number of benzene rings is 1. The van der Waals surface area contributed by atoms with Crippen molar-refractivity contribution in [2.45, 2.75) is 52.7 Å². The van der Waals surface area contributed by atoms with Crippen LogP contribution < -0.4 is 15.1 Å². The average molecular weight is 588 g/mol. The number of nitrogens with one attached hydrogen (secondary N) is 1. The zero-order valence-corrected chi connectivity index (χ0v) is 25.4. The van der Waals surface area contributed by atoms with Crippen LogP contribution in [0.25, 0.3) is 16.8 Å². The fourth-order valence-electron chi connectivity index (χ4n) is 5.93. The summed E-state index contributed by atoms with van der Waals surface area (Å²) in [7, 11) is 1.95. The molecule has 1 aliphatic heterocycles. The minimum absolute atomic E-state index is 0.152. The molecule has 0 bridgehead atoms. The van der Waals surface area contributed by atoms with Gasteiger partial charge in [-0.1, -0.05) is 18.3 Å². The minimum Gasteiger partial charge on any atom is -0.444 e. The van der Waals surface area contributed by atoms with Gasteiger partial charge in [0, 0.05) is 55.0 Å². The first-order valence-corrected chi connectivity index (χ1v) is 15.0. The van der Waals surface area contributed by atoms with E-state index in [0.717, 1.165) is 47.8 Å². The predicted octanol–water partition coefficient (Wildman–Crippen LogP) is 6.07. The van der Waals surface area contributed by atoms with Gasteiger partial charge in [-0.3, -0.25) is 0 Å². The molecule has 9 nitrogen and oxygen atoms in total. The molecule has 0 radical (unpaired) electrons. The number of anilines is 3. The summed E-state index contributed by atoms with van der Waals surface area (Å²) in [6.07, 6.45) is 0.373. The van der Waals surface area contributed by atoms with E-state index >= 15 is 0 Å². The third-order valence-electron chi connectivity index (χ3n) is 7.98. The van der Waals surface area contributed by atoms with Crippen molar-refractivity contribution in [1.82, 2.24) is 19.9 Å². The number of aromatic nitrogens is 3. The number of alkyl carbamates (subject to hydrolysis) is 1. The standard InChI is InChI=1S/C31H34FN7O2S/c1-7-23-28(37(6)29-34-26(25(14-33)42-29)18-8-10-19(32)11-9-18)24-13-20(12-17(2)39(24)36-23)38-15-21-22(16-38)27(21)35-30(40)41-31(3,4)5/h8-13,21-22,27H,7,15-16H2,1-6H3,(H,35,40). The van der Waals surface area contributed by atoms with Crippen LogP contribution in [0.15, 0.2) is 36.4 Å². The van der Waals surface area contributed by atoms with Crippen molar-refractivity contribution in [3.63, 3.8) is 0 Å². The van der Waals surface area contributed by atoms with Crippen molar-refractivity contribution in [1.29, 1.82) is 5.26 Å². The molecule has 2 unspecified atom stereocenters. The number of hydrogen-bond acceptors (Lipinski definition) is 8. The van der Waals surface area contributed by atoms with Gasteiger partial charge in [0.1, 0.15) is 28.1 Å². The number of amides is 1. The molecule has 2 fully saturated rings. The molecule has 2 aliphatic rings. The number of carbonyl (C=O) groups is 1. The van der Waals surface area contributed by atoms with E-state index in [2.05, 4.69) is 42.3 Å². The largest absolute Gasteiger partial charge is 0.444 e. The number of fused-ring (bicyclic) bond motifs is 2. The monoisotopic (exact) mass is 587 g/mol. The highest BCUT2D eigenvalue weighted by Crippen LogP contribution is 2.47. The second-order valence-electron chi connectivity index (χ2n) is 12.1. The van der Waals surface area contributed by atoms with Crippen LogP contribution in [0.1, 0.15) is 44.0 Å². The van der Waals surface area contributed by atoms with Gasteiger partial charge in [0.2, 0.25) is 0 Å². The lowest BCUT2D eigenvalue weighted by atomic mass is 10.1. The number of nitriles is 1. The highest BCUT2D eigenvalue weighted by Gasteiger charge is 2.57. The Morgan fingerprint density at radius 3 is 2.55 bits per heavy atom. The van der Waals surface area contributed by atoms with Gasteiger partial charge in [-0.05, 0) is 70.5 Å². The average Bonchev–Trinajstić information content (AvgIpc) is 3.37. The van der Waals surface area contributed by atoms with E-state index in [1.54, 1.807) is 12.1 Å². The summed E-state index contributed by atoms with van der Waals surface area (Å²) in [5, 5.41) is 18.5. The van der Waals surface area contributed by atoms with E-state index in [-0.39, 0.29) is 18.0 Å². The molecule has 1 saturated heterocycles. The lowest BCUT2D eigenvalue weighted by Gasteiger charge is -2.24. The van der Waals surface area contributed by atoms with Crippen molar-refractivity contribution < 1.29 is 13.9 Å². The number of rotatable bonds is 6. The first-order chi connectivity index (χ1) is 20.0. The summed E-state index contributed by atoms with van der Waals surface area (Å²) in [5.74, 6) is 0.467. The zero-order valence-electron chi connectivity index (χ0n) is 24.6. The van der Waals surface area contributed by atoms with Gasteiger partial charge in [0.05, 0.1) is 16.9 Å². The number of carbonyl (C=O) groups excluding carboxylic acids is 1. The van der Waals surface area contributed by atoms with E-state index in [4.69, 9.17) is 14.8 Å². The van der Waals surface area contributed by atoms with E-state index in [1.165, 1.54) is 23.5 Å². The zero-order chi connectivity index (χ0) is 29.9. The van der Waals surface area contributed by atoms with Crippen LogP contribution >= 0.6 is 11.3 Å². The molecule has 1 N–H and O–H groups in total. The van der Waals surface area contributed by atoms with Crippen LogP contribution in [0.4, 0.5) is 25.7 Å². The summed E-state index contributed by atoms with van der Waals surface area (Å²) in [6, 6.07) is 12.8. The van der Waals surface area contributed by atoms with Crippen LogP contribution in [0.2, 0.25) is 0 Å². The highest BCUT2D eigenvalue weighted by molar-refractivity contribution is 7.16. The second-order valence-corrected chi connectivity index (χ2v) is 13.0. The molecule has 6 rings (SSSR count). The Morgan fingerprint density at radius 2 is 1.93 bits per heavy atom. The molecular formula is C31H34FN7O2S. The molecule has 3 aromatic heterocycles. The van der Waals surface area contributed by atoms with Crippen molar-refractivity contribution in [2.75, 3.05) is 29.9 Å².